The van der Waals surface area contributed by atoms with Crippen molar-refractivity contribution in [3.8, 4) is 0 Å². The second-order valence-electron chi connectivity index (χ2n) is 2.77. The van der Waals surface area contributed by atoms with Crippen LogP contribution in [0.5, 0.6) is 0 Å². The number of halogens is 5. The van der Waals surface area contributed by atoms with Crippen molar-refractivity contribution in [3.05, 3.63) is 19.8 Å². The number of thiophene rings is 1. The molecule has 1 heterocycles. The third-order valence-corrected chi connectivity index (χ3v) is 4.07. The first-order valence-electron chi connectivity index (χ1n) is 3.84. The maximum Gasteiger partial charge on any atom is 0.389 e. The summed E-state index contributed by atoms with van der Waals surface area (Å²) in [4.78, 5) is 11.5. The van der Waals surface area contributed by atoms with E-state index in [0.717, 1.165) is 11.3 Å². The lowest BCUT2D eigenvalue weighted by molar-refractivity contribution is -0.133. The van der Waals surface area contributed by atoms with Gasteiger partial charge in [-0.05, 0) is 22.0 Å². The Morgan fingerprint density at radius 1 is 1.53 bits per heavy atom. The first-order chi connectivity index (χ1) is 6.79. The smallest absolute Gasteiger partial charge is 0.293 e. The van der Waals surface area contributed by atoms with Gasteiger partial charge in [0.15, 0.2) is 5.78 Å². The van der Waals surface area contributed by atoms with Gasteiger partial charge in [0.05, 0.1) is 11.3 Å². The van der Waals surface area contributed by atoms with Crippen molar-refractivity contribution in [1.82, 2.24) is 0 Å². The number of ketones is 1. The van der Waals surface area contributed by atoms with Crippen molar-refractivity contribution in [3.63, 3.8) is 0 Å². The van der Waals surface area contributed by atoms with Crippen LogP contribution in [0.1, 0.15) is 22.5 Å². The average Bonchev–Trinajstić information content (AvgIpc) is 2.42. The lowest BCUT2D eigenvalue weighted by Crippen LogP contribution is -2.10. The molecule has 0 aliphatic heterocycles. The van der Waals surface area contributed by atoms with Crippen LogP contribution in [0.4, 0.5) is 13.2 Å². The van der Waals surface area contributed by atoms with Crippen LogP contribution in [0.25, 0.3) is 0 Å². The molecule has 1 aromatic heterocycles. The molecule has 0 atom stereocenters. The first kappa shape index (κ1) is 13.0. The summed E-state index contributed by atoms with van der Waals surface area (Å²) >= 11 is 9.71. The second kappa shape index (κ2) is 4.84. The molecule has 15 heavy (non-hydrogen) atoms. The molecule has 0 unspecified atom stereocenters. The van der Waals surface area contributed by atoms with Gasteiger partial charge in [-0.25, -0.2) is 0 Å². The first-order valence-corrected chi connectivity index (χ1v) is 5.83. The van der Waals surface area contributed by atoms with Crippen LogP contribution < -0.4 is 0 Å². The van der Waals surface area contributed by atoms with E-state index in [4.69, 9.17) is 11.6 Å². The number of carbonyl (C=O) groups excluding carboxylic acids is 1. The summed E-state index contributed by atoms with van der Waals surface area (Å²) in [7, 11) is 0. The van der Waals surface area contributed by atoms with Gasteiger partial charge in [0, 0.05) is 10.9 Å². The van der Waals surface area contributed by atoms with E-state index in [1.165, 1.54) is 6.07 Å². The van der Waals surface area contributed by atoms with Crippen molar-refractivity contribution in [1.29, 1.82) is 0 Å². The summed E-state index contributed by atoms with van der Waals surface area (Å²) in [6, 6.07) is 1.44. The summed E-state index contributed by atoms with van der Waals surface area (Å²) in [5, 5.41) is 0. The summed E-state index contributed by atoms with van der Waals surface area (Å²) < 4.78 is 36.4. The summed E-state index contributed by atoms with van der Waals surface area (Å²) in [5.41, 5.74) is 0. The second-order valence-corrected chi connectivity index (χ2v) is 5.28. The molecular weight excluding hydrogens is 317 g/mol. The molecule has 0 aliphatic carbocycles. The Hall–Kier alpha value is -0.0700. The Balaban J connectivity index is 2.62. The Morgan fingerprint density at radius 2 is 2.13 bits per heavy atom. The van der Waals surface area contributed by atoms with Crippen molar-refractivity contribution >= 4 is 44.7 Å². The lowest BCUT2D eigenvalue weighted by atomic mass is 10.2. The van der Waals surface area contributed by atoms with E-state index in [0.29, 0.717) is 8.81 Å². The molecule has 0 amide bonds. The number of Topliss-reactive ketones (excluding diaryl/α,β-unsaturated/α-hetero) is 1. The van der Waals surface area contributed by atoms with Gasteiger partial charge in [-0.15, -0.1) is 11.3 Å². The third-order valence-electron chi connectivity index (χ3n) is 1.56. The summed E-state index contributed by atoms with van der Waals surface area (Å²) in [6.07, 6.45) is -5.93. The quantitative estimate of drug-likeness (QED) is 0.738. The van der Waals surface area contributed by atoms with E-state index >= 15 is 0 Å². The van der Waals surface area contributed by atoms with Crippen molar-refractivity contribution in [2.45, 2.75) is 19.0 Å². The number of carbonyl (C=O) groups is 1. The molecule has 84 valence electrons. The van der Waals surface area contributed by atoms with Crippen LogP contribution in [0, 0.1) is 0 Å². The highest BCUT2D eigenvalue weighted by Crippen LogP contribution is 2.33. The molecule has 1 nitrogen and oxygen atoms in total. The van der Waals surface area contributed by atoms with Gasteiger partial charge in [-0.1, -0.05) is 11.6 Å². The van der Waals surface area contributed by atoms with Gasteiger partial charge in [0.1, 0.15) is 4.34 Å². The Bertz CT molecular complexity index is 355. The zero-order chi connectivity index (χ0) is 11.6. The fourth-order valence-corrected chi connectivity index (χ4v) is 2.53. The zero-order valence-corrected chi connectivity index (χ0v) is 10.4. The summed E-state index contributed by atoms with van der Waals surface area (Å²) in [6.45, 7) is 0. The number of hydrogen-bond acceptors (Lipinski definition) is 2. The van der Waals surface area contributed by atoms with E-state index in [1.807, 2.05) is 0 Å². The van der Waals surface area contributed by atoms with Crippen LogP contribution >= 0.6 is 38.9 Å². The van der Waals surface area contributed by atoms with E-state index in [2.05, 4.69) is 15.9 Å². The molecule has 0 aromatic carbocycles. The maximum atomic E-state index is 11.8. The Kier molecular flexibility index (Phi) is 4.20. The fourth-order valence-electron chi connectivity index (χ4n) is 0.862. The van der Waals surface area contributed by atoms with Crippen LogP contribution in [-0.2, 0) is 0 Å². The molecule has 0 fully saturated rings. The molecular formula is C8H5BrClF3OS. The fraction of sp³-hybridized carbons (Fsp3) is 0.375. The molecule has 0 bridgehead atoms. The van der Waals surface area contributed by atoms with E-state index in [-0.39, 0.29) is 4.88 Å². The topological polar surface area (TPSA) is 17.1 Å². The summed E-state index contributed by atoms with van der Waals surface area (Å²) in [5.74, 6) is -0.537. The largest absolute Gasteiger partial charge is 0.389 e. The third kappa shape index (κ3) is 4.12. The van der Waals surface area contributed by atoms with Gasteiger partial charge >= 0.3 is 6.18 Å². The van der Waals surface area contributed by atoms with E-state index < -0.39 is 24.8 Å². The molecule has 0 spiro atoms. The molecule has 0 N–H and O–H groups in total. The van der Waals surface area contributed by atoms with Gasteiger partial charge in [0.25, 0.3) is 0 Å². The van der Waals surface area contributed by atoms with Crippen LogP contribution in [0.2, 0.25) is 4.34 Å². The molecule has 0 saturated heterocycles. The minimum atomic E-state index is -4.30. The van der Waals surface area contributed by atoms with E-state index in [1.54, 1.807) is 0 Å². The standard InChI is InChI=1S/C8H5BrClF3OS/c9-4-3-6(15-7(4)10)5(14)1-2-8(11,12)13/h3H,1-2H2. The van der Waals surface area contributed by atoms with Gasteiger partial charge in [0.2, 0.25) is 0 Å². The number of alkyl halides is 3. The molecule has 1 rings (SSSR count). The predicted octanol–water partition coefficient (Wildman–Crippen LogP) is 4.69. The normalized spacial score (nSPS) is 11.8. The van der Waals surface area contributed by atoms with Gasteiger partial charge in [-0.3, -0.25) is 4.79 Å². The minimum Gasteiger partial charge on any atom is -0.293 e. The predicted molar refractivity (Wildman–Crippen MR) is 56.6 cm³/mol. The molecule has 1 aromatic rings. The molecule has 7 heteroatoms. The van der Waals surface area contributed by atoms with Crippen LogP contribution in [-0.4, -0.2) is 12.0 Å². The maximum absolute atomic E-state index is 11.8. The van der Waals surface area contributed by atoms with Crippen molar-refractivity contribution < 1.29 is 18.0 Å². The SMILES string of the molecule is O=C(CCC(F)(F)F)c1cc(Br)c(Cl)s1. The van der Waals surface area contributed by atoms with Crippen LogP contribution in [0.3, 0.4) is 0 Å². The molecule has 0 aliphatic rings. The Labute approximate surface area is 101 Å². The van der Waals surface area contributed by atoms with Gasteiger partial charge in [-0.2, -0.15) is 13.2 Å². The monoisotopic (exact) mass is 320 g/mol. The number of rotatable bonds is 3. The van der Waals surface area contributed by atoms with Crippen molar-refractivity contribution in [2.24, 2.45) is 0 Å². The van der Waals surface area contributed by atoms with Gasteiger partial charge < -0.3 is 0 Å². The highest BCUT2D eigenvalue weighted by atomic mass is 79.9. The number of hydrogen-bond donors (Lipinski definition) is 0. The van der Waals surface area contributed by atoms with E-state index in [9.17, 15) is 18.0 Å². The highest BCUT2D eigenvalue weighted by Gasteiger charge is 2.28. The van der Waals surface area contributed by atoms with Crippen LogP contribution in [0.15, 0.2) is 10.5 Å². The Morgan fingerprint density at radius 3 is 2.53 bits per heavy atom. The van der Waals surface area contributed by atoms with Crippen molar-refractivity contribution in [2.75, 3.05) is 0 Å². The average molecular weight is 322 g/mol. The molecule has 0 radical (unpaired) electrons. The lowest BCUT2D eigenvalue weighted by Gasteiger charge is -2.03. The minimum absolute atomic E-state index is 0.246. The molecule has 0 saturated carbocycles. The zero-order valence-electron chi connectivity index (χ0n) is 7.20. The highest BCUT2D eigenvalue weighted by molar-refractivity contribution is 9.10.